The van der Waals surface area contributed by atoms with E-state index in [2.05, 4.69) is 4.99 Å². The molecule has 0 spiro atoms. The summed E-state index contributed by atoms with van der Waals surface area (Å²) in [4.78, 5) is 55.1. The van der Waals surface area contributed by atoms with Gasteiger partial charge in [0.2, 0.25) is 0 Å². The SMILES string of the molecule is COC(=O)c1ccc(C2=C(C(=O)OCc3ccc(OC)cc3)N3C(=O)[C@H](N=Cc4ccc([N+](=O)[O-])cc4)[C@@H]3SC2)cc1. The average molecular weight is 588 g/mol. The number of esters is 2. The van der Waals surface area contributed by atoms with Crippen LogP contribution in [0.1, 0.15) is 27.0 Å². The fraction of sp³-hybridized carbons (Fsp3) is 0.200. The molecule has 42 heavy (non-hydrogen) atoms. The molecule has 2 aliphatic rings. The number of nitro benzene ring substituents is 1. The number of hydrogen-bond acceptors (Lipinski definition) is 10. The zero-order valence-electron chi connectivity index (χ0n) is 22.6. The van der Waals surface area contributed by atoms with Gasteiger partial charge in [-0.05, 0) is 53.1 Å². The average Bonchev–Trinajstić information content (AvgIpc) is 3.03. The second-order valence-corrected chi connectivity index (χ2v) is 10.4. The maximum absolute atomic E-state index is 13.5. The van der Waals surface area contributed by atoms with Gasteiger partial charge in [-0.25, -0.2) is 9.59 Å². The van der Waals surface area contributed by atoms with Crippen LogP contribution in [-0.4, -0.2) is 65.3 Å². The van der Waals surface area contributed by atoms with E-state index in [4.69, 9.17) is 14.2 Å². The summed E-state index contributed by atoms with van der Waals surface area (Å²) in [6.45, 7) is -0.0115. The Bertz CT molecular complexity index is 1580. The summed E-state index contributed by atoms with van der Waals surface area (Å²) in [6.07, 6.45) is 1.50. The minimum atomic E-state index is -0.738. The van der Waals surface area contributed by atoms with Crippen LogP contribution in [0.3, 0.4) is 0 Å². The molecule has 5 rings (SSSR count). The summed E-state index contributed by atoms with van der Waals surface area (Å²) in [5.74, 6) is -0.453. The van der Waals surface area contributed by atoms with E-state index < -0.39 is 28.3 Å². The summed E-state index contributed by atoms with van der Waals surface area (Å²) in [6, 6.07) is 18.8. The molecule has 0 N–H and O–H groups in total. The molecule has 0 unspecified atom stereocenters. The van der Waals surface area contributed by atoms with Crippen molar-refractivity contribution in [3.8, 4) is 5.75 Å². The van der Waals surface area contributed by atoms with Crippen molar-refractivity contribution in [3.63, 3.8) is 0 Å². The van der Waals surface area contributed by atoms with E-state index in [1.165, 1.54) is 42.1 Å². The molecule has 1 amide bonds. The number of hydrogen-bond donors (Lipinski definition) is 0. The Morgan fingerprint density at radius 2 is 1.71 bits per heavy atom. The highest BCUT2D eigenvalue weighted by atomic mass is 32.2. The molecule has 1 fully saturated rings. The highest BCUT2D eigenvalue weighted by Gasteiger charge is 2.54. The first-order valence-electron chi connectivity index (χ1n) is 12.7. The molecule has 0 saturated carbocycles. The molecular formula is C30H25N3O8S. The summed E-state index contributed by atoms with van der Waals surface area (Å²) in [5.41, 5.74) is 3.05. The number of carbonyl (C=O) groups excluding carboxylic acids is 3. The number of fused-ring (bicyclic) bond motifs is 1. The normalized spacial score (nSPS) is 17.9. The zero-order valence-corrected chi connectivity index (χ0v) is 23.4. The molecule has 11 nitrogen and oxygen atoms in total. The lowest BCUT2D eigenvalue weighted by Crippen LogP contribution is -2.64. The van der Waals surface area contributed by atoms with Gasteiger partial charge in [0.05, 0.1) is 24.7 Å². The lowest BCUT2D eigenvalue weighted by Gasteiger charge is -2.48. The Morgan fingerprint density at radius 1 is 1.02 bits per heavy atom. The Hall–Kier alpha value is -4.97. The lowest BCUT2D eigenvalue weighted by atomic mass is 9.98. The van der Waals surface area contributed by atoms with E-state index in [0.29, 0.717) is 33.8 Å². The van der Waals surface area contributed by atoms with E-state index in [1.807, 2.05) is 0 Å². The fourth-order valence-corrected chi connectivity index (χ4v) is 5.89. The largest absolute Gasteiger partial charge is 0.497 e. The van der Waals surface area contributed by atoms with Crippen molar-refractivity contribution < 1.29 is 33.5 Å². The number of rotatable bonds is 9. The number of carbonyl (C=O) groups is 3. The number of ether oxygens (including phenoxy) is 3. The van der Waals surface area contributed by atoms with Crippen molar-refractivity contribution in [2.75, 3.05) is 20.0 Å². The number of nitrogens with zero attached hydrogens (tertiary/aromatic N) is 3. The van der Waals surface area contributed by atoms with Gasteiger partial charge in [-0.2, -0.15) is 0 Å². The van der Waals surface area contributed by atoms with E-state index in [9.17, 15) is 24.5 Å². The first-order chi connectivity index (χ1) is 20.3. The quantitative estimate of drug-likeness (QED) is 0.118. The molecule has 214 valence electrons. The second-order valence-electron chi connectivity index (χ2n) is 9.30. The number of amides is 1. The van der Waals surface area contributed by atoms with Crippen LogP contribution >= 0.6 is 11.8 Å². The van der Waals surface area contributed by atoms with Crippen LogP contribution in [0.2, 0.25) is 0 Å². The van der Waals surface area contributed by atoms with Crippen molar-refractivity contribution in [1.29, 1.82) is 0 Å². The molecule has 12 heteroatoms. The molecule has 0 bridgehead atoms. The van der Waals surface area contributed by atoms with Gasteiger partial charge in [0, 0.05) is 29.7 Å². The molecule has 3 aromatic carbocycles. The predicted octanol–water partition coefficient (Wildman–Crippen LogP) is 4.25. The molecule has 0 aliphatic carbocycles. The van der Waals surface area contributed by atoms with Crippen molar-refractivity contribution in [1.82, 2.24) is 4.90 Å². The molecule has 1 saturated heterocycles. The van der Waals surface area contributed by atoms with Gasteiger partial charge in [0.25, 0.3) is 11.6 Å². The highest BCUT2D eigenvalue weighted by Crippen LogP contribution is 2.44. The second kappa shape index (κ2) is 12.3. The first kappa shape index (κ1) is 28.6. The molecular weight excluding hydrogens is 562 g/mol. The van der Waals surface area contributed by atoms with Gasteiger partial charge >= 0.3 is 11.9 Å². The summed E-state index contributed by atoms with van der Waals surface area (Å²) >= 11 is 1.45. The van der Waals surface area contributed by atoms with Crippen molar-refractivity contribution in [2.24, 2.45) is 4.99 Å². The maximum atomic E-state index is 13.5. The van der Waals surface area contributed by atoms with Gasteiger partial charge in [0.1, 0.15) is 23.4 Å². The van der Waals surface area contributed by atoms with Gasteiger partial charge in [-0.15, -0.1) is 11.8 Å². The van der Waals surface area contributed by atoms with Crippen LogP contribution in [0.5, 0.6) is 5.75 Å². The number of methoxy groups -OCH3 is 2. The predicted molar refractivity (Wildman–Crippen MR) is 155 cm³/mol. The summed E-state index contributed by atoms with van der Waals surface area (Å²) in [5, 5.41) is 10.5. The van der Waals surface area contributed by atoms with E-state index in [-0.39, 0.29) is 23.9 Å². The van der Waals surface area contributed by atoms with Crippen LogP contribution < -0.4 is 4.74 Å². The van der Waals surface area contributed by atoms with Crippen LogP contribution in [0.15, 0.2) is 83.5 Å². The topological polar surface area (TPSA) is 138 Å². The van der Waals surface area contributed by atoms with Crippen LogP contribution in [0, 0.1) is 10.1 Å². The monoisotopic (exact) mass is 587 g/mol. The Labute approximate surface area is 244 Å². The molecule has 2 heterocycles. The molecule has 3 aromatic rings. The fourth-order valence-electron chi connectivity index (χ4n) is 4.53. The number of nitro groups is 1. The zero-order chi connectivity index (χ0) is 29.8. The molecule has 0 aromatic heterocycles. The Morgan fingerprint density at radius 3 is 2.33 bits per heavy atom. The van der Waals surface area contributed by atoms with Gasteiger partial charge in [-0.1, -0.05) is 24.3 Å². The minimum absolute atomic E-state index is 0.0115. The smallest absolute Gasteiger partial charge is 0.355 e. The van der Waals surface area contributed by atoms with Gasteiger partial charge in [-0.3, -0.25) is 24.8 Å². The Balaban J connectivity index is 1.41. The van der Waals surface area contributed by atoms with Crippen molar-refractivity contribution in [2.45, 2.75) is 18.0 Å². The minimum Gasteiger partial charge on any atom is -0.497 e. The first-order valence-corrected chi connectivity index (χ1v) is 13.8. The van der Waals surface area contributed by atoms with Crippen LogP contribution in [0.4, 0.5) is 5.69 Å². The van der Waals surface area contributed by atoms with E-state index in [0.717, 1.165) is 5.56 Å². The number of thioether (sulfide) groups is 1. The van der Waals surface area contributed by atoms with Crippen molar-refractivity contribution in [3.05, 3.63) is 111 Å². The maximum Gasteiger partial charge on any atom is 0.355 e. The third-order valence-corrected chi connectivity index (χ3v) is 8.07. The molecule has 0 radical (unpaired) electrons. The third kappa shape index (κ3) is 5.75. The van der Waals surface area contributed by atoms with Crippen LogP contribution in [0.25, 0.3) is 5.57 Å². The number of non-ortho nitro benzene ring substituents is 1. The molecule has 2 aliphatic heterocycles. The lowest BCUT2D eigenvalue weighted by molar-refractivity contribution is -0.384. The van der Waals surface area contributed by atoms with Crippen LogP contribution in [-0.2, 0) is 25.7 Å². The van der Waals surface area contributed by atoms with Gasteiger partial charge in [0.15, 0.2) is 6.04 Å². The summed E-state index contributed by atoms with van der Waals surface area (Å²) < 4.78 is 15.6. The molecule has 2 atom stereocenters. The number of β-lactam (4-membered cyclic amide) rings is 1. The third-order valence-electron chi connectivity index (χ3n) is 6.81. The van der Waals surface area contributed by atoms with Gasteiger partial charge < -0.3 is 14.2 Å². The van der Waals surface area contributed by atoms with E-state index in [1.54, 1.807) is 67.8 Å². The Kier molecular flexibility index (Phi) is 8.34. The van der Waals surface area contributed by atoms with Crippen molar-refractivity contribution >= 4 is 47.1 Å². The highest BCUT2D eigenvalue weighted by molar-refractivity contribution is 8.00. The standard InChI is InChI=1S/C30H25N3O8S/c1-39-23-13-5-19(6-14-23)16-41-30(36)26-24(20-7-9-21(10-8-20)29(35)40-2)17-42-28-25(27(34)32(26)28)31-15-18-3-11-22(12-4-18)33(37)38/h3-15,25,28H,16-17H2,1-2H3/t25-,28-/m0/s1. The summed E-state index contributed by atoms with van der Waals surface area (Å²) in [7, 11) is 2.86. The van der Waals surface area contributed by atoms with E-state index >= 15 is 0 Å². The number of benzene rings is 3. The number of aliphatic imine (C=N–C) groups is 1.